The number of thioether (sulfide) groups is 1. The number of nitrogens with zero attached hydrogens (tertiary/aromatic N) is 1. The Bertz CT molecular complexity index is 826. The summed E-state index contributed by atoms with van der Waals surface area (Å²) in [5.74, 6) is -0.963. The van der Waals surface area contributed by atoms with Gasteiger partial charge in [-0.25, -0.2) is 14.2 Å². The molecule has 3 aliphatic rings. The van der Waals surface area contributed by atoms with Crippen molar-refractivity contribution in [3.8, 4) is 0 Å². The van der Waals surface area contributed by atoms with E-state index in [2.05, 4.69) is 26.4 Å². The molecule has 3 saturated heterocycles. The quantitative estimate of drug-likeness (QED) is 0.513. The molecule has 31 heavy (non-hydrogen) atoms. The van der Waals surface area contributed by atoms with Crippen molar-refractivity contribution in [1.29, 1.82) is 0 Å². The van der Waals surface area contributed by atoms with Gasteiger partial charge in [-0.05, 0) is 36.3 Å². The minimum absolute atomic E-state index is 0.0703. The van der Waals surface area contributed by atoms with E-state index in [1.165, 1.54) is 36.0 Å². The van der Waals surface area contributed by atoms with Gasteiger partial charge in [0.05, 0.1) is 23.4 Å². The summed E-state index contributed by atoms with van der Waals surface area (Å²) in [6, 6.07) is 5.55. The molecule has 9 nitrogen and oxygen atoms in total. The number of ether oxygens (including phenoxy) is 1. The summed E-state index contributed by atoms with van der Waals surface area (Å²) in [6.45, 7) is 2.04. The van der Waals surface area contributed by atoms with Gasteiger partial charge >= 0.3 is 6.09 Å². The zero-order valence-electron chi connectivity index (χ0n) is 16.9. The highest BCUT2D eigenvalue weighted by atomic mass is 32.2. The number of amides is 3. The Morgan fingerprint density at radius 1 is 1.19 bits per heavy atom. The molecule has 0 aromatic heterocycles. The number of carbonyl (C=O) groups is 3. The molecule has 0 radical (unpaired) electrons. The first-order valence-corrected chi connectivity index (χ1v) is 11.4. The van der Waals surface area contributed by atoms with Crippen LogP contribution < -0.4 is 21.4 Å². The van der Waals surface area contributed by atoms with Crippen LogP contribution in [0.1, 0.15) is 18.4 Å². The van der Waals surface area contributed by atoms with Crippen molar-refractivity contribution in [3.05, 3.63) is 35.6 Å². The van der Waals surface area contributed by atoms with Crippen molar-refractivity contribution in [2.24, 2.45) is 11.8 Å². The first kappa shape index (κ1) is 22.0. The smallest absolute Gasteiger partial charge is 0.414 e. The molecule has 3 amide bonds. The number of alkyl carbamates (subject to hydrolysis) is 1. The molecule has 11 heteroatoms. The Morgan fingerprint density at radius 3 is 2.81 bits per heavy atom. The lowest BCUT2D eigenvalue weighted by Crippen LogP contribution is -2.59. The van der Waals surface area contributed by atoms with E-state index in [4.69, 9.17) is 4.74 Å². The van der Waals surface area contributed by atoms with Gasteiger partial charge in [0.2, 0.25) is 11.8 Å². The second kappa shape index (κ2) is 9.94. The molecule has 3 heterocycles. The molecular weight excluding hydrogens is 425 g/mol. The van der Waals surface area contributed by atoms with E-state index >= 15 is 0 Å². The van der Waals surface area contributed by atoms with Crippen molar-refractivity contribution in [2.45, 2.75) is 31.0 Å². The van der Waals surface area contributed by atoms with Gasteiger partial charge in [0, 0.05) is 19.6 Å². The first-order chi connectivity index (χ1) is 15.0. The van der Waals surface area contributed by atoms with Gasteiger partial charge in [0.25, 0.3) is 0 Å². The Kier molecular flexibility index (Phi) is 7.06. The lowest BCUT2D eigenvalue weighted by molar-refractivity contribution is -0.128. The molecule has 4 N–H and O–H groups in total. The zero-order valence-corrected chi connectivity index (χ0v) is 17.8. The fourth-order valence-corrected chi connectivity index (χ4v) is 5.32. The summed E-state index contributed by atoms with van der Waals surface area (Å²) in [4.78, 5) is 37.3. The number of imide groups is 1. The van der Waals surface area contributed by atoms with Crippen LogP contribution in [0, 0.1) is 17.7 Å². The lowest BCUT2D eigenvalue weighted by Gasteiger charge is -2.35. The number of carbonyl (C=O) groups excluding carboxylic acids is 3. The van der Waals surface area contributed by atoms with Crippen LogP contribution in [0.15, 0.2) is 24.3 Å². The predicted molar refractivity (Wildman–Crippen MR) is 112 cm³/mol. The summed E-state index contributed by atoms with van der Waals surface area (Å²) in [6.07, 6.45) is 0.973. The molecule has 4 atom stereocenters. The summed E-state index contributed by atoms with van der Waals surface area (Å²) in [5.41, 5.74) is 3.88. The maximum absolute atomic E-state index is 12.9. The lowest BCUT2D eigenvalue weighted by atomic mass is 10.0. The predicted octanol–water partition coefficient (Wildman–Crippen LogP) is 0.530. The van der Waals surface area contributed by atoms with E-state index < -0.39 is 17.9 Å². The van der Waals surface area contributed by atoms with Gasteiger partial charge in [-0.15, -0.1) is 11.8 Å². The molecular formula is C20H26FN5O4S. The third kappa shape index (κ3) is 5.53. The molecule has 3 fully saturated rings. The highest BCUT2D eigenvalue weighted by Gasteiger charge is 2.39. The van der Waals surface area contributed by atoms with Gasteiger partial charge in [-0.3, -0.25) is 25.6 Å². The second-order valence-corrected chi connectivity index (χ2v) is 9.11. The average molecular weight is 452 g/mol. The zero-order chi connectivity index (χ0) is 21.8. The minimum Gasteiger partial charge on any atom is -0.444 e. The van der Waals surface area contributed by atoms with Gasteiger partial charge in [-0.2, -0.15) is 0 Å². The molecule has 0 spiro atoms. The number of nitrogens with one attached hydrogen (secondary N) is 4. The van der Waals surface area contributed by atoms with E-state index in [-0.39, 0.29) is 35.8 Å². The van der Waals surface area contributed by atoms with Crippen LogP contribution >= 0.6 is 11.8 Å². The SMILES string of the molecule is O=C(NC(=O)C1CCSC1NC(=O)C1CNC2CCNN2C1)OCc1ccc(F)cc1. The molecule has 1 aromatic carbocycles. The van der Waals surface area contributed by atoms with Crippen molar-refractivity contribution in [3.63, 3.8) is 0 Å². The maximum atomic E-state index is 12.9. The van der Waals surface area contributed by atoms with Crippen molar-refractivity contribution < 1.29 is 23.5 Å². The van der Waals surface area contributed by atoms with Crippen LogP contribution in [0.5, 0.6) is 0 Å². The standard InChI is InChI=1S/C20H26FN5O4S/c21-14-3-1-12(2-4-14)11-30-20(29)25-18(28)15-6-8-31-19(15)24-17(27)13-9-22-16-5-7-23-26(16)10-13/h1-4,13,15-16,19,22-23H,5-11H2,(H,24,27)(H,25,28,29). The maximum Gasteiger partial charge on any atom is 0.414 e. The fraction of sp³-hybridized carbons (Fsp3) is 0.550. The number of halogens is 1. The number of hydrogen-bond donors (Lipinski definition) is 4. The van der Waals surface area contributed by atoms with Gasteiger partial charge < -0.3 is 10.1 Å². The number of rotatable bonds is 5. The summed E-state index contributed by atoms with van der Waals surface area (Å²) in [5, 5.41) is 10.3. The third-order valence-corrected chi connectivity index (χ3v) is 6.99. The monoisotopic (exact) mass is 451 g/mol. The molecule has 168 valence electrons. The number of benzene rings is 1. The van der Waals surface area contributed by atoms with Crippen LogP contribution in [-0.4, -0.2) is 59.8 Å². The molecule has 0 aliphatic carbocycles. The Hall–Kier alpha value is -2.21. The van der Waals surface area contributed by atoms with Crippen LogP contribution in [0.25, 0.3) is 0 Å². The largest absolute Gasteiger partial charge is 0.444 e. The second-order valence-electron chi connectivity index (χ2n) is 7.86. The van der Waals surface area contributed by atoms with E-state index in [0.29, 0.717) is 30.8 Å². The molecule has 1 aromatic rings. The summed E-state index contributed by atoms with van der Waals surface area (Å²) >= 11 is 1.50. The van der Waals surface area contributed by atoms with Gasteiger partial charge in [0.1, 0.15) is 12.4 Å². The number of fused-ring (bicyclic) bond motifs is 1. The molecule has 0 bridgehead atoms. The Balaban J connectivity index is 1.24. The normalized spacial score (nSPS) is 28.0. The van der Waals surface area contributed by atoms with Gasteiger partial charge in [0.15, 0.2) is 0 Å². The first-order valence-electron chi connectivity index (χ1n) is 10.4. The van der Waals surface area contributed by atoms with Crippen LogP contribution in [0.2, 0.25) is 0 Å². The van der Waals surface area contributed by atoms with Crippen molar-refractivity contribution in [1.82, 2.24) is 26.4 Å². The van der Waals surface area contributed by atoms with Crippen molar-refractivity contribution >= 4 is 29.7 Å². The molecule has 0 saturated carbocycles. The highest BCUT2D eigenvalue weighted by Crippen LogP contribution is 2.31. The Morgan fingerprint density at radius 2 is 2.00 bits per heavy atom. The van der Waals surface area contributed by atoms with Crippen LogP contribution in [0.4, 0.5) is 9.18 Å². The van der Waals surface area contributed by atoms with E-state index in [9.17, 15) is 18.8 Å². The molecule has 4 rings (SSSR count). The molecule has 4 unspecified atom stereocenters. The van der Waals surface area contributed by atoms with E-state index in [1.54, 1.807) is 0 Å². The number of hydrogen-bond acceptors (Lipinski definition) is 8. The van der Waals surface area contributed by atoms with Crippen LogP contribution in [0.3, 0.4) is 0 Å². The number of hydrazine groups is 1. The topological polar surface area (TPSA) is 112 Å². The highest BCUT2D eigenvalue weighted by molar-refractivity contribution is 8.00. The summed E-state index contributed by atoms with van der Waals surface area (Å²) in [7, 11) is 0. The van der Waals surface area contributed by atoms with Crippen molar-refractivity contribution in [2.75, 3.05) is 25.4 Å². The Labute approximate surface area is 183 Å². The fourth-order valence-electron chi connectivity index (χ4n) is 3.99. The minimum atomic E-state index is -0.862. The molecule has 3 aliphatic heterocycles. The van der Waals surface area contributed by atoms with E-state index in [1.807, 2.05) is 0 Å². The van der Waals surface area contributed by atoms with E-state index in [0.717, 1.165) is 13.0 Å². The summed E-state index contributed by atoms with van der Waals surface area (Å²) < 4.78 is 18.0. The third-order valence-electron chi connectivity index (χ3n) is 5.72. The van der Waals surface area contributed by atoms with Crippen LogP contribution in [-0.2, 0) is 20.9 Å². The van der Waals surface area contributed by atoms with Gasteiger partial charge in [-0.1, -0.05) is 12.1 Å². The average Bonchev–Trinajstić information content (AvgIpc) is 3.42.